The number of sulfonamides is 1. The highest BCUT2D eigenvalue weighted by molar-refractivity contribution is 7.92. The Kier molecular flexibility index (Phi) is 7.77. The van der Waals surface area contributed by atoms with Crippen molar-refractivity contribution in [3.63, 3.8) is 0 Å². The smallest absolute Gasteiger partial charge is 0.267 e. The summed E-state index contributed by atoms with van der Waals surface area (Å²) in [5.41, 5.74) is 3.83. The number of aromatic nitrogens is 4. The van der Waals surface area contributed by atoms with Crippen molar-refractivity contribution < 1.29 is 17.9 Å². The number of carbonyl (C=O) groups is 1. The van der Waals surface area contributed by atoms with Gasteiger partial charge in [-0.3, -0.25) is 9.48 Å². The zero-order valence-electron chi connectivity index (χ0n) is 22.0. The molecule has 1 N–H and O–H groups in total. The van der Waals surface area contributed by atoms with Gasteiger partial charge in [-0.05, 0) is 63.1 Å². The Morgan fingerprint density at radius 2 is 1.68 bits per heavy atom. The van der Waals surface area contributed by atoms with E-state index in [1.165, 1.54) is 17.1 Å². The fraction of sp³-hybridized carbons (Fsp3) is 0.259. The van der Waals surface area contributed by atoms with Gasteiger partial charge in [0.1, 0.15) is 10.6 Å². The second-order valence-corrected chi connectivity index (χ2v) is 10.4. The molecule has 0 unspecified atom stereocenters. The first-order valence-corrected chi connectivity index (χ1v) is 13.6. The Bertz CT molecular complexity index is 1540. The normalized spacial score (nSPS) is 11.3. The lowest BCUT2D eigenvalue weighted by atomic mass is 10.00. The zero-order valence-corrected chi connectivity index (χ0v) is 22.8. The van der Waals surface area contributed by atoms with Gasteiger partial charge in [-0.15, -0.1) is 0 Å². The molecular weight excluding hydrogens is 504 g/mol. The van der Waals surface area contributed by atoms with Crippen LogP contribution < -0.4 is 9.46 Å². The van der Waals surface area contributed by atoms with Crippen molar-refractivity contribution in [2.24, 2.45) is 7.05 Å². The molecule has 0 saturated carbocycles. The van der Waals surface area contributed by atoms with E-state index in [1.54, 1.807) is 42.3 Å². The van der Waals surface area contributed by atoms with Crippen LogP contribution in [0.15, 0.2) is 65.8 Å². The third-order valence-electron chi connectivity index (χ3n) is 6.03. The van der Waals surface area contributed by atoms with Gasteiger partial charge < -0.3 is 9.64 Å². The molecule has 11 heteroatoms. The first-order chi connectivity index (χ1) is 18.1. The molecule has 198 valence electrons. The second-order valence-electron chi connectivity index (χ2n) is 8.74. The van der Waals surface area contributed by atoms with E-state index >= 15 is 0 Å². The Balaban J connectivity index is 1.71. The van der Waals surface area contributed by atoms with Crippen LogP contribution in [0.4, 0.5) is 5.95 Å². The molecule has 0 atom stereocenters. The van der Waals surface area contributed by atoms with Crippen LogP contribution in [0.5, 0.6) is 11.6 Å². The lowest BCUT2D eigenvalue weighted by Crippen LogP contribution is -2.30. The number of nitrogens with one attached hydrogen (secondary N) is 1. The maximum atomic E-state index is 13.0. The van der Waals surface area contributed by atoms with Gasteiger partial charge >= 0.3 is 0 Å². The van der Waals surface area contributed by atoms with Crippen LogP contribution in [0.3, 0.4) is 0 Å². The molecule has 0 aliphatic heterocycles. The van der Waals surface area contributed by atoms with E-state index in [1.807, 2.05) is 45.9 Å². The maximum absolute atomic E-state index is 13.0. The highest BCUT2D eigenvalue weighted by Crippen LogP contribution is 2.31. The minimum Gasteiger partial charge on any atom is -0.439 e. The SMILES string of the molecule is CCN(CC)C(=O)c1ccc(Oc2cc(-c3c(C)cccc3C)nc(NS(=O)(=O)c3cnn(C)c3)n2)cc1. The largest absolute Gasteiger partial charge is 0.439 e. The van der Waals surface area contributed by atoms with Gasteiger partial charge in [0, 0.05) is 43.5 Å². The van der Waals surface area contributed by atoms with Crippen LogP contribution in [0, 0.1) is 13.8 Å². The van der Waals surface area contributed by atoms with Crippen LogP contribution in [-0.4, -0.2) is 52.1 Å². The van der Waals surface area contributed by atoms with Gasteiger partial charge in [0.25, 0.3) is 15.9 Å². The summed E-state index contributed by atoms with van der Waals surface area (Å²) in [4.78, 5) is 23.2. The molecule has 0 spiro atoms. The van der Waals surface area contributed by atoms with Gasteiger partial charge in [0.2, 0.25) is 11.8 Å². The Morgan fingerprint density at radius 3 is 2.26 bits per heavy atom. The maximum Gasteiger partial charge on any atom is 0.267 e. The number of hydrogen-bond acceptors (Lipinski definition) is 7. The molecule has 0 aliphatic rings. The average Bonchev–Trinajstić information content (AvgIpc) is 3.32. The van der Waals surface area contributed by atoms with Gasteiger partial charge in [0.05, 0.1) is 11.9 Å². The number of aryl methyl sites for hydroxylation is 3. The van der Waals surface area contributed by atoms with Crippen LogP contribution >= 0.6 is 0 Å². The summed E-state index contributed by atoms with van der Waals surface area (Å²) in [6.07, 6.45) is 2.63. The molecule has 2 aromatic heterocycles. The summed E-state index contributed by atoms with van der Waals surface area (Å²) < 4.78 is 35.7. The lowest BCUT2D eigenvalue weighted by molar-refractivity contribution is 0.0773. The predicted molar refractivity (Wildman–Crippen MR) is 145 cm³/mol. The van der Waals surface area contributed by atoms with Crippen molar-refractivity contribution in [1.29, 1.82) is 0 Å². The summed E-state index contributed by atoms with van der Waals surface area (Å²) in [6.45, 7) is 9.01. The Hall–Kier alpha value is -4.25. The fourth-order valence-corrected chi connectivity index (χ4v) is 4.99. The molecule has 0 bridgehead atoms. The van der Waals surface area contributed by atoms with E-state index < -0.39 is 10.0 Å². The highest BCUT2D eigenvalue weighted by Gasteiger charge is 2.20. The minimum atomic E-state index is -3.99. The van der Waals surface area contributed by atoms with E-state index in [0.29, 0.717) is 30.1 Å². The summed E-state index contributed by atoms with van der Waals surface area (Å²) >= 11 is 0. The number of amides is 1. The Labute approximate surface area is 222 Å². The highest BCUT2D eigenvalue weighted by atomic mass is 32.2. The molecule has 38 heavy (non-hydrogen) atoms. The predicted octanol–water partition coefficient (Wildman–Crippen LogP) is 4.57. The number of hydrogen-bond donors (Lipinski definition) is 1. The molecule has 0 aliphatic carbocycles. The van der Waals surface area contributed by atoms with E-state index in [4.69, 9.17) is 4.74 Å². The van der Waals surface area contributed by atoms with Gasteiger partial charge in [0.15, 0.2) is 0 Å². The standard InChI is InChI=1S/C27H30N6O4S/c1-6-33(7-2)26(34)20-11-13-21(14-12-20)37-24-15-23(25-18(3)9-8-10-19(25)4)29-27(30-24)31-38(35,36)22-16-28-32(5)17-22/h8-17H,6-7H2,1-5H3,(H,29,30,31). The topological polar surface area (TPSA) is 119 Å². The van der Waals surface area contributed by atoms with Crippen LogP contribution in [-0.2, 0) is 17.1 Å². The van der Waals surface area contributed by atoms with E-state index in [9.17, 15) is 13.2 Å². The van der Waals surface area contributed by atoms with Crippen molar-refractivity contribution in [2.45, 2.75) is 32.6 Å². The number of benzene rings is 2. The molecular formula is C27H30N6O4S. The molecule has 1 amide bonds. The van der Waals surface area contributed by atoms with Crippen molar-refractivity contribution in [3.05, 3.63) is 77.6 Å². The quantitative estimate of drug-likeness (QED) is 0.334. The number of anilines is 1. The van der Waals surface area contributed by atoms with Crippen molar-refractivity contribution in [1.82, 2.24) is 24.6 Å². The molecule has 0 fully saturated rings. The van der Waals surface area contributed by atoms with E-state index in [-0.39, 0.29) is 22.6 Å². The average molecular weight is 535 g/mol. The summed E-state index contributed by atoms with van der Waals surface area (Å²) in [6, 6.07) is 14.2. The third kappa shape index (κ3) is 5.83. The van der Waals surface area contributed by atoms with Crippen LogP contribution in [0.2, 0.25) is 0 Å². The van der Waals surface area contributed by atoms with Gasteiger partial charge in [-0.25, -0.2) is 18.1 Å². The van der Waals surface area contributed by atoms with Crippen molar-refractivity contribution in [3.8, 4) is 22.9 Å². The van der Waals surface area contributed by atoms with Gasteiger partial charge in [-0.2, -0.15) is 10.1 Å². The van der Waals surface area contributed by atoms with Crippen LogP contribution in [0.25, 0.3) is 11.3 Å². The summed E-state index contributed by atoms with van der Waals surface area (Å²) in [5.74, 6) is 0.378. The number of ether oxygens (including phenoxy) is 1. The molecule has 0 saturated heterocycles. The molecule has 4 aromatic rings. The second kappa shape index (κ2) is 11.0. The molecule has 10 nitrogen and oxygen atoms in total. The lowest BCUT2D eigenvalue weighted by Gasteiger charge is -2.18. The Morgan fingerprint density at radius 1 is 1.03 bits per heavy atom. The number of carbonyl (C=O) groups excluding carboxylic acids is 1. The molecule has 2 heterocycles. The van der Waals surface area contributed by atoms with Gasteiger partial charge in [-0.1, -0.05) is 18.2 Å². The first-order valence-electron chi connectivity index (χ1n) is 12.2. The first kappa shape index (κ1) is 26.8. The number of nitrogens with zero attached hydrogens (tertiary/aromatic N) is 5. The summed E-state index contributed by atoms with van der Waals surface area (Å²) in [7, 11) is -2.36. The molecule has 2 aromatic carbocycles. The van der Waals surface area contributed by atoms with E-state index in [2.05, 4.69) is 19.8 Å². The summed E-state index contributed by atoms with van der Waals surface area (Å²) in [5, 5.41) is 3.93. The van der Waals surface area contributed by atoms with Crippen LogP contribution in [0.1, 0.15) is 35.3 Å². The zero-order chi connectivity index (χ0) is 27.4. The monoisotopic (exact) mass is 534 g/mol. The fourth-order valence-electron chi connectivity index (χ4n) is 4.07. The third-order valence-corrected chi connectivity index (χ3v) is 7.31. The molecule has 0 radical (unpaired) electrons. The molecule has 4 rings (SSSR count). The number of rotatable bonds is 9. The minimum absolute atomic E-state index is 0.0167. The van der Waals surface area contributed by atoms with Crippen molar-refractivity contribution in [2.75, 3.05) is 17.8 Å². The van der Waals surface area contributed by atoms with Crippen molar-refractivity contribution >= 4 is 21.9 Å². The van der Waals surface area contributed by atoms with E-state index in [0.717, 1.165) is 16.7 Å².